The summed E-state index contributed by atoms with van der Waals surface area (Å²) < 4.78 is 25.6. The van der Waals surface area contributed by atoms with Crippen LogP contribution in [0.1, 0.15) is 37.1 Å². The quantitative estimate of drug-likeness (QED) is 0.543. The summed E-state index contributed by atoms with van der Waals surface area (Å²) in [6.45, 7) is 4.07. The van der Waals surface area contributed by atoms with E-state index < -0.39 is 15.6 Å². The van der Waals surface area contributed by atoms with Gasteiger partial charge in [0.2, 0.25) is 5.91 Å². The largest absolute Gasteiger partial charge is 0.308 e. The van der Waals surface area contributed by atoms with Crippen LogP contribution in [-0.4, -0.2) is 31.1 Å². The first kappa shape index (κ1) is 21.7. The molecule has 5 nitrogen and oxygen atoms in total. The SMILES string of the molecule is CCc1ccc(-c2nc(CS(=O)(=O)CC(=O)N3c4ccccc4CCC3C)cs2)cc1. The molecule has 1 atom stereocenters. The summed E-state index contributed by atoms with van der Waals surface area (Å²) in [4.78, 5) is 19.2. The predicted octanol–water partition coefficient (Wildman–Crippen LogP) is 4.66. The number of carbonyl (C=O) groups excluding carboxylic acids is 1. The number of amides is 1. The molecule has 0 bridgehead atoms. The van der Waals surface area contributed by atoms with Crippen molar-refractivity contribution in [2.45, 2.75) is 44.9 Å². The first-order valence-electron chi connectivity index (χ1n) is 10.5. The van der Waals surface area contributed by atoms with Gasteiger partial charge in [-0.05, 0) is 43.4 Å². The third-order valence-corrected chi connectivity index (χ3v) is 8.03. The average Bonchev–Trinajstić information content (AvgIpc) is 3.20. The molecular formula is C24H26N2O3S2. The zero-order chi connectivity index (χ0) is 22.0. The van der Waals surface area contributed by atoms with E-state index in [-0.39, 0.29) is 17.7 Å². The Morgan fingerprint density at radius 2 is 1.90 bits per heavy atom. The lowest BCUT2D eigenvalue weighted by molar-refractivity contribution is -0.116. The van der Waals surface area contributed by atoms with Gasteiger partial charge in [0.15, 0.2) is 9.84 Å². The minimum atomic E-state index is -3.64. The van der Waals surface area contributed by atoms with Crippen LogP contribution >= 0.6 is 11.3 Å². The molecule has 2 aromatic carbocycles. The van der Waals surface area contributed by atoms with Crippen molar-refractivity contribution in [3.05, 3.63) is 70.7 Å². The van der Waals surface area contributed by atoms with Crippen LogP contribution in [0.15, 0.2) is 53.9 Å². The lowest BCUT2D eigenvalue weighted by Crippen LogP contribution is -2.45. The van der Waals surface area contributed by atoms with E-state index in [2.05, 4.69) is 24.0 Å². The Balaban J connectivity index is 1.47. The molecule has 0 radical (unpaired) electrons. The molecule has 3 aromatic rings. The summed E-state index contributed by atoms with van der Waals surface area (Å²) in [6.07, 6.45) is 2.69. The van der Waals surface area contributed by atoms with Crippen molar-refractivity contribution in [3.63, 3.8) is 0 Å². The van der Waals surface area contributed by atoms with E-state index in [4.69, 9.17) is 0 Å². The van der Waals surface area contributed by atoms with Gasteiger partial charge >= 0.3 is 0 Å². The van der Waals surface area contributed by atoms with Crippen molar-refractivity contribution >= 4 is 32.8 Å². The Kier molecular flexibility index (Phi) is 6.25. The van der Waals surface area contributed by atoms with Gasteiger partial charge in [-0.2, -0.15) is 0 Å². The van der Waals surface area contributed by atoms with Crippen LogP contribution in [0.25, 0.3) is 10.6 Å². The molecule has 0 saturated carbocycles. The van der Waals surface area contributed by atoms with Crippen LogP contribution in [0.5, 0.6) is 0 Å². The van der Waals surface area contributed by atoms with E-state index in [1.807, 2.05) is 43.3 Å². The second-order valence-corrected chi connectivity index (χ2v) is 10.9. The van der Waals surface area contributed by atoms with Crippen LogP contribution in [0.4, 0.5) is 5.69 Å². The summed E-state index contributed by atoms with van der Waals surface area (Å²) in [6, 6.07) is 15.8. The number of hydrogen-bond donors (Lipinski definition) is 0. The molecule has 31 heavy (non-hydrogen) atoms. The molecule has 7 heteroatoms. The van der Waals surface area contributed by atoms with Crippen LogP contribution in [0.3, 0.4) is 0 Å². The number of benzene rings is 2. The van der Waals surface area contributed by atoms with Crippen molar-refractivity contribution in [2.24, 2.45) is 0 Å². The topological polar surface area (TPSA) is 67.3 Å². The number of anilines is 1. The van der Waals surface area contributed by atoms with Crippen LogP contribution in [0.2, 0.25) is 0 Å². The van der Waals surface area contributed by atoms with Gasteiger partial charge in [0.1, 0.15) is 10.8 Å². The summed E-state index contributed by atoms with van der Waals surface area (Å²) in [5.41, 5.74) is 4.62. The van der Waals surface area contributed by atoms with Gasteiger partial charge in [-0.25, -0.2) is 13.4 Å². The summed E-state index contributed by atoms with van der Waals surface area (Å²) in [5, 5.41) is 2.56. The number of fused-ring (bicyclic) bond motifs is 1. The van der Waals surface area contributed by atoms with E-state index >= 15 is 0 Å². The number of aromatic nitrogens is 1. The maximum absolute atomic E-state index is 13.0. The molecule has 2 heterocycles. The third-order valence-electron chi connectivity index (χ3n) is 5.66. The van der Waals surface area contributed by atoms with Crippen LogP contribution in [-0.2, 0) is 33.2 Å². The van der Waals surface area contributed by atoms with E-state index in [1.54, 1.807) is 10.3 Å². The van der Waals surface area contributed by atoms with Crippen LogP contribution in [0, 0.1) is 0 Å². The van der Waals surface area contributed by atoms with E-state index in [9.17, 15) is 13.2 Å². The predicted molar refractivity (Wildman–Crippen MR) is 126 cm³/mol. The Morgan fingerprint density at radius 3 is 2.65 bits per heavy atom. The number of para-hydroxylation sites is 1. The Morgan fingerprint density at radius 1 is 1.16 bits per heavy atom. The van der Waals surface area contributed by atoms with Crippen molar-refractivity contribution in [1.29, 1.82) is 0 Å². The van der Waals surface area contributed by atoms with Crippen molar-refractivity contribution in [2.75, 3.05) is 10.7 Å². The number of thiazole rings is 1. The fourth-order valence-electron chi connectivity index (χ4n) is 3.99. The van der Waals surface area contributed by atoms with Gasteiger partial charge in [0.25, 0.3) is 0 Å². The molecular weight excluding hydrogens is 428 g/mol. The second kappa shape index (κ2) is 8.93. The highest BCUT2D eigenvalue weighted by Gasteiger charge is 2.31. The fraction of sp³-hybridized carbons (Fsp3) is 0.333. The number of hydrogen-bond acceptors (Lipinski definition) is 5. The van der Waals surface area contributed by atoms with E-state index in [1.165, 1.54) is 16.9 Å². The van der Waals surface area contributed by atoms with Gasteiger partial charge in [0, 0.05) is 22.7 Å². The first-order valence-corrected chi connectivity index (χ1v) is 13.2. The normalized spacial score (nSPS) is 16.2. The maximum Gasteiger partial charge on any atom is 0.242 e. The molecule has 1 aliphatic rings. The molecule has 1 aliphatic heterocycles. The van der Waals surface area contributed by atoms with Gasteiger partial charge < -0.3 is 4.90 Å². The number of carbonyl (C=O) groups is 1. The molecule has 0 saturated heterocycles. The lowest BCUT2D eigenvalue weighted by atomic mass is 9.97. The Labute approximate surface area is 187 Å². The van der Waals surface area contributed by atoms with Gasteiger partial charge in [-0.1, -0.05) is 49.4 Å². The fourth-order valence-corrected chi connectivity index (χ4v) is 6.14. The van der Waals surface area contributed by atoms with E-state index in [0.717, 1.165) is 41.1 Å². The minimum Gasteiger partial charge on any atom is -0.308 e. The molecule has 0 aliphatic carbocycles. The molecule has 4 rings (SSSR count). The first-order chi connectivity index (χ1) is 14.9. The number of rotatable bonds is 6. The van der Waals surface area contributed by atoms with E-state index in [0.29, 0.717) is 5.69 Å². The zero-order valence-electron chi connectivity index (χ0n) is 17.7. The highest BCUT2D eigenvalue weighted by Crippen LogP contribution is 2.31. The van der Waals surface area contributed by atoms with Crippen LogP contribution < -0.4 is 4.90 Å². The summed E-state index contributed by atoms with van der Waals surface area (Å²) >= 11 is 1.42. The van der Waals surface area contributed by atoms with Gasteiger partial charge in [0.05, 0.1) is 11.4 Å². The molecule has 1 amide bonds. The van der Waals surface area contributed by atoms with Gasteiger partial charge in [-0.15, -0.1) is 11.3 Å². The number of nitrogens with zero attached hydrogens (tertiary/aromatic N) is 2. The number of sulfone groups is 1. The molecule has 0 N–H and O–H groups in total. The summed E-state index contributed by atoms with van der Waals surface area (Å²) in [5.74, 6) is -1.11. The molecule has 1 unspecified atom stereocenters. The van der Waals surface area contributed by atoms with Crippen molar-refractivity contribution < 1.29 is 13.2 Å². The highest BCUT2D eigenvalue weighted by atomic mass is 32.2. The summed E-state index contributed by atoms with van der Waals surface area (Å²) in [7, 11) is -3.64. The molecule has 0 fully saturated rings. The molecule has 162 valence electrons. The number of aryl methyl sites for hydroxylation is 2. The Hall–Kier alpha value is -2.51. The van der Waals surface area contributed by atoms with Crippen molar-refractivity contribution in [3.8, 4) is 10.6 Å². The zero-order valence-corrected chi connectivity index (χ0v) is 19.4. The lowest BCUT2D eigenvalue weighted by Gasteiger charge is -2.35. The second-order valence-electron chi connectivity index (χ2n) is 8.01. The Bertz CT molecular complexity index is 1180. The smallest absolute Gasteiger partial charge is 0.242 e. The monoisotopic (exact) mass is 454 g/mol. The molecule has 0 spiro atoms. The maximum atomic E-state index is 13.0. The van der Waals surface area contributed by atoms with Crippen molar-refractivity contribution in [1.82, 2.24) is 4.98 Å². The average molecular weight is 455 g/mol. The minimum absolute atomic E-state index is 0.0189. The van der Waals surface area contributed by atoms with Gasteiger partial charge in [-0.3, -0.25) is 4.79 Å². The third kappa shape index (κ3) is 4.88. The standard InChI is InChI=1S/C24H26N2O3S2/c1-3-18-9-12-20(13-10-18)24-25-21(14-30-24)15-31(28,29)16-23(27)26-17(2)8-11-19-6-4-5-7-22(19)26/h4-7,9-10,12-14,17H,3,8,11,15-16H2,1-2H3. The highest BCUT2D eigenvalue weighted by molar-refractivity contribution is 7.91. The molecule has 1 aromatic heterocycles.